The first-order valence-electron chi connectivity index (χ1n) is 6.84. The number of esters is 1. The molecule has 0 amide bonds. The van der Waals surface area contributed by atoms with E-state index >= 15 is 0 Å². The van der Waals surface area contributed by atoms with Gasteiger partial charge in [0.1, 0.15) is 6.10 Å². The third-order valence-electron chi connectivity index (χ3n) is 6.07. The van der Waals surface area contributed by atoms with Crippen LogP contribution in [0.2, 0.25) is 0 Å². The van der Waals surface area contributed by atoms with Gasteiger partial charge in [0.25, 0.3) is 0 Å². The van der Waals surface area contributed by atoms with Crippen molar-refractivity contribution in [1.82, 2.24) is 0 Å². The number of ether oxygens (including phenoxy) is 1. The normalized spacial score (nSPS) is 54.1. The Labute approximate surface area is 107 Å². The van der Waals surface area contributed by atoms with E-state index in [-0.39, 0.29) is 46.4 Å². The van der Waals surface area contributed by atoms with Crippen molar-refractivity contribution in [1.29, 1.82) is 0 Å². The van der Waals surface area contributed by atoms with E-state index in [0.717, 1.165) is 18.4 Å². The Bertz CT molecular complexity index is 516. The van der Waals surface area contributed by atoms with E-state index in [2.05, 4.69) is 13.8 Å². The quantitative estimate of drug-likeness (QED) is 0.615. The van der Waals surface area contributed by atoms with E-state index in [1.54, 1.807) is 0 Å². The Morgan fingerprint density at radius 1 is 1.33 bits per heavy atom. The van der Waals surface area contributed by atoms with E-state index in [0.29, 0.717) is 0 Å². The molecule has 1 saturated heterocycles. The lowest BCUT2D eigenvalue weighted by molar-refractivity contribution is -0.180. The predicted octanol–water partition coefficient (Wildman–Crippen LogP) is 2.11. The van der Waals surface area contributed by atoms with Gasteiger partial charge in [-0.15, -0.1) is 0 Å². The highest BCUT2D eigenvalue weighted by atomic mass is 16.6. The largest absolute Gasteiger partial charge is 0.461 e. The van der Waals surface area contributed by atoms with Crippen molar-refractivity contribution in [2.75, 3.05) is 0 Å². The molecule has 0 aromatic carbocycles. The molecule has 0 N–H and O–H groups in total. The average Bonchev–Trinajstić information content (AvgIpc) is 2.69. The summed E-state index contributed by atoms with van der Waals surface area (Å²) < 4.78 is 5.61. The molecule has 0 radical (unpaired) electrons. The lowest BCUT2D eigenvalue weighted by Crippen LogP contribution is -2.59. The summed E-state index contributed by atoms with van der Waals surface area (Å²) in [5.74, 6) is 0.625. The first-order valence-corrected chi connectivity index (χ1v) is 6.84. The molecule has 0 aromatic rings. The van der Waals surface area contributed by atoms with E-state index in [9.17, 15) is 9.59 Å². The van der Waals surface area contributed by atoms with Gasteiger partial charge in [-0.2, -0.15) is 0 Å². The molecule has 5 aliphatic carbocycles. The topological polar surface area (TPSA) is 43.4 Å². The molecule has 5 bridgehead atoms. The van der Waals surface area contributed by atoms with Crippen molar-refractivity contribution in [3.8, 4) is 0 Å². The zero-order valence-electron chi connectivity index (χ0n) is 11.0. The van der Waals surface area contributed by atoms with Gasteiger partial charge in [-0.25, -0.2) is 0 Å². The molecular formula is C15H18O3. The number of ketones is 1. The van der Waals surface area contributed by atoms with Crippen molar-refractivity contribution in [2.24, 2.45) is 28.6 Å². The second-order valence-corrected chi connectivity index (χ2v) is 7.01. The number of fused-ring (bicyclic) bond motifs is 3. The number of carbonyl (C=O) groups is 2. The SMILES string of the molecule is C/C1=C/CCC23C(=O)O[C@H]4[C@@H]2C(C1=O)[C@@H]3C4(C)C. The minimum Gasteiger partial charge on any atom is -0.461 e. The molecule has 3 heteroatoms. The minimum absolute atomic E-state index is 0.0289. The minimum atomic E-state index is -0.328. The average molecular weight is 246 g/mol. The molecule has 6 rings (SSSR count). The molecule has 6 aliphatic rings. The van der Waals surface area contributed by atoms with E-state index < -0.39 is 0 Å². The number of hydrogen-bond donors (Lipinski definition) is 0. The van der Waals surface area contributed by atoms with Crippen LogP contribution >= 0.6 is 0 Å². The number of hydrogen-bond acceptors (Lipinski definition) is 3. The molecule has 2 unspecified atom stereocenters. The van der Waals surface area contributed by atoms with Crippen molar-refractivity contribution in [2.45, 2.75) is 39.7 Å². The van der Waals surface area contributed by atoms with Crippen LogP contribution < -0.4 is 0 Å². The standard InChI is InChI=1S/C15H18O3/c1-7-5-4-6-15-9-8(10(7)16)11(15)14(2,3)12(9)18-13(15)17/h5,8-9,11-12H,4,6H2,1-3H3/b7-5-/t8?,9-,11+,12-,15?/m0/s1. The van der Waals surface area contributed by atoms with Crippen LogP contribution in [0.5, 0.6) is 0 Å². The summed E-state index contributed by atoms with van der Waals surface area (Å²) in [7, 11) is 0. The zero-order chi connectivity index (χ0) is 12.9. The van der Waals surface area contributed by atoms with Crippen LogP contribution in [0.1, 0.15) is 33.6 Å². The molecule has 0 aromatic heterocycles. The third kappa shape index (κ3) is 0.799. The van der Waals surface area contributed by atoms with Crippen LogP contribution in [0.3, 0.4) is 0 Å². The van der Waals surface area contributed by atoms with Gasteiger partial charge in [0.15, 0.2) is 5.78 Å². The van der Waals surface area contributed by atoms with Crippen LogP contribution in [-0.4, -0.2) is 17.9 Å². The smallest absolute Gasteiger partial charge is 0.313 e. The van der Waals surface area contributed by atoms with Gasteiger partial charge in [0, 0.05) is 17.3 Å². The summed E-state index contributed by atoms with van der Waals surface area (Å²) in [6.45, 7) is 6.24. The second-order valence-electron chi connectivity index (χ2n) is 7.01. The molecule has 1 spiro atoms. The highest BCUT2D eigenvalue weighted by Gasteiger charge is 2.86. The van der Waals surface area contributed by atoms with Crippen molar-refractivity contribution >= 4 is 11.8 Å². The second kappa shape index (κ2) is 2.73. The highest BCUT2D eigenvalue weighted by molar-refractivity contribution is 6.01. The van der Waals surface area contributed by atoms with Crippen LogP contribution in [0.15, 0.2) is 11.6 Å². The van der Waals surface area contributed by atoms with Crippen molar-refractivity contribution in [3.63, 3.8) is 0 Å². The fraction of sp³-hybridized carbons (Fsp3) is 0.733. The van der Waals surface area contributed by atoms with Gasteiger partial charge in [-0.1, -0.05) is 19.9 Å². The summed E-state index contributed by atoms with van der Waals surface area (Å²) in [4.78, 5) is 24.7. The van der Waals surface area contributed by atoms with Crippen molar-refractivity contribution in [3.05, 3.63) is 11.6 Å². The first-order chi connectivity index (χ1) is 8.42. The zero-order valence-corrected chi connectivity index (χ0v) is 11.0. The summed E-state index contributed by atoms with van der Waals surface area (Å²) in [6.07, 6.45) is 3.66. The molecule has 1 aliphatic heterocycles. The monoisotopic (exact) mass is 246 g/mol. The van der Waals surface area contributed by atoms with E-state index in [1.807, 2.05) is 13.0 Å². The van der Waals surface area contributed by atoms with Crippen LogP contribution in [0.25, 0.3) is 0 Å². The summed E-state index contributed by atoms with van der Waals surface area (Å²) >= 11 is 0. The van der Waals surface area contributed by atoms with Crippen LogP contribution in [-0.2, 0) is 14.3 Å². The molecular weight excluding hydrogens is 228 g/mol. The van der Waals surface area contributed by atoms with E-state index in [4.69, 9.17) is 4.74 Å². The number of rotatable bonds is 0. The summed E-state index contributed by atoms with van der Waals surface area (Å²) in [5.41, 5.74) is 0.525. The molecule has 3 saturated carbocycles. The maximum atomic E-state index is 12.5. The number of allylic oxidation sites excluding steroid dienone is 2. The van der Waals surface area contributed by atoms with Gasteiger partial charge in [-0.3, -0.25) is 9.59 Å². The lowest BCUT2D eigenvalue weighted by atomic mass is 9.46. The van der Waals surface area contributed by atoms with Gasteiger partial charge in [0.05, 0.1) is 5.41 Å². The fourth-order valence-electron chi connectivity index (χ4n) is 5.50. The molecule has 96 valence electrons. The highest BCUT2D eigenvalue weighted by Crippen LogP contribution is 2.79. The first kappa shape index (κ1) is 10.8. The fourth-order valence-corrected chi connectivity index (χ4v) is 5.50. The summed E-state index contributed by atoms with van der Waals surface area (Å²) in [5, 5.41) is 0. The Morgan fingerprint density at radius 2 is 2.06 bits per heavy atom. The Hall–Kier alpha value is -1.12. The Balaban J connectivity index is 1.91. The summed E-state index contributed by atoms with van der Waals surface area (Å²) in [6, 6.07) is 0. The van der Waals surface area contributed by atoms with Crippen LogP contribution in [0.4, 0.5) is 0 Å². The van der Waals surface area contributed by atoms with E-state index in [1.165, 1.54) is 0 Å². The van der Waals surface area contributed by atoms with Gasteiger partial charge in [-0.05, 0) is 31.3 Å². The molecule has 3 nitrogen and oxygen atoms in total. The maximum Gasteiger partial charge on any atom is 0.313 e. The molecule has 1 heterocycles. The van der Waals surface area contributed by atoms with Gasteiger partial charge in [0.2, 0.25) is 0 Å². The third-order valence-corrected chi connectivity index (χ3v) is 6.07. The number of carbonyl (C=O) groups excluding carboxylic acids is 2. The van der Waals surface area contributed by atoms with Crippen molar-refractivity contribution < 1.29 is 14.3 Å². The maximum absolute atomic E-state index is 12.5. The molecule has 18 heavy (non-hydrogen) atoms. The predicted molar refractivity (Wildman–Crippen MR) is 64.6 cm³/mol. The van der Waals surface area contributed by atoms with Crippen LogP contribution in [0, 0.1) is 28.6 Å². The van der Waals surface area contributed by atoms with Gasteiger partial charge >= 0.3 is 5.97 Å². The number of Topliss-reactive ketones (excluding diaryl/α,β-unsaturated/α-hetero) is 1. The van der Waals surface area contributed by atoms with Gasteiger partial charge < -0.3 is 4.74 Å². The lowest BCUT2D eigenvalue weighted by Gasteiger charge is -2.53. The molecule has 5 atom stereocenters. The molecule has 4 fully saturated rings. The Kier molecular flexibility index (Phi) is 1.63. The Morgan fingerprint density at radius 3 is 2.72 bits per heavy atom.